The van der Waals surface area contributed by atoms with Gasteiger partial charge in [-0.05, 0) is 142 Å². The van der Waals surface area contributed by atoms with E-state index in [0.29, 0.717) is 0 Å². The molecule has 0 saturated heterocycles. The van der Waals surface area contributed by atoms with Gasteiger partial charge < -0.3 is 8.83 Å². The average molecular weight is 877 g/mol. The van der Waals surface area contributed by atoms with E-state index < -0.39 is 5.41 Å². The fraction of sp³-hybridized carbons (Fsp3) is 0.0149. The number of rotatable bonds is 5. The van der Waals surface area contributed by atoms with E-state index in [9.17, 15) is 0 Å². The standard InChI is InChI=1S/C67H40O2/c1-3-16-44(17-4-1)67(45-18-5-2-6-19-45)60-28-14-13-26-56(60)64-48(27-15-29-61(64)67)43-32-37-63-59(40-43)55-35-34-54-58-39-42(31-36-62(58)68-65(54)66(55)69-63)47-21-8-7-20-46(47)41-30-33-53-51-24-10-9-22-49(51)50-23-11-12-25-52(50)57(53)38-41/h1-40H. The molecule has 0 atom stereocenters. The highest BCUT2D eigenvalue weighted by Crippen LogP contribution is 2.58. The minimum absolute atomic E-state index is 0.465. The Morgan fingerprint density at radius 1 is 0.246 bits per heavy atom. The second-order valence-corrected chi connectivity index (χ2v) is 18.6. The molecule has 0 fully saturated rings. The van der Waals surface area contributed by atoms with Crippen LogP contribution < -0.4 is 0 Å². The van der Waals surface area contributed by atoms with Crippen molar-refractivity contribution in [2.75, 3.05) is 0 Å². The Hall–Kier alpha value is -8.98. The first-order chi connectivity index (χ1) is 34.2. The zero-order chi connectivity index (χ0) is 45.2. The zero-order valence-corrected chi connectivity index (χ0v) is 37.4. The van der Waals surface area contributed by atoms with Crippen LogP contribution in [0.4, 0.5) is 0 Å². The van der Waals surface area contributed by atoms with Gasteiger partial charge in [0, 0.05) is 21.5 Å². The van der Waals surface area contributed by atoms with E-state index in [1.807, 2.05) is 0 Å². The molecule has 0 radical (unpaired) electrons. The summed E-state index contributed by atoms with van der Waals surface area (Å²) in [6, 6.07) is 88.8. The van der Waals surface area contributed by atoms with Gasteiger partial charge in [-0.2, -0.15) is 0 Å². The number of hydrogen-bond acceptors (Lipinski definition) is 2. The summed E-state index contributed by atoms with van der Waals surface area (Å²) < 4.78 is 13.5. The van der Waals surface area contributed by atoms with Gasteiger partial charge in [0.15, 0.2) is 11.2 Å². The minimum atomic E-state index is -0.465. The lowest BCUT2D eigenvalue weighted by molar-refractivity contribution is 0.633. The predicted octanol–water partition coefficient (Wildman–Crippen LogP) is 18.3. The van der Waals surface area contributed by atoms with Crippen LogP contribution in [0.2, 0.25) is 0 Å². The Morgan fingerprint density at radius 2 is 0.638 bits per heavy atom. The molecule has 69 heavy (non-hydrogen) atoms. The smallest absolute Gasteiger partial charge is 0.178 e. The molecule has 0 unspecified atom stereocenters. The lowest BCUT2D eigenvalue weighted by atomic mass is 9.67. The van der Waals surface area contributed by atoms with Gasteiger partial charge in [0.05, 0.1) is 5.41 Å². The zero-order valence-electron chi connectivity index (χ0n) is 37.4. The topological polar surface area (TPSA) is 26.3 Å². The molecule has 2 heterocycles. The highest BCUT2D eigenvalue weighted by Gasteiger charge is 2.46. The fourth-order valence-electron chi connectivity index (χ4n) is 12.2. The van der Waals surface area contributed by atoms with Crippen LogP contribution in [0.25, 0.3) is 121 Å². The largest absolute Gasteiger partial charge is 0.452 e. The van der Waals surface area contributed by atoms with Gasteiger partial charge in [-0.3, -0.25) is 0 Å². The first-order valence-corrected chi connectivity index (χ1v) is 23.8. The van der Waals surface area contributed by atoms with Crippen molar-refractivity contribution in [3.8, 4) is 44.5 Å². The molecule has 0 bridgehead atoms. The Bertz CT molecular complexity index is 4340. The summed E-state index contributed by atoms with van der Waals surface area (Å²) in [5, 5.41) is 11.9. The summed E-state index contributed by atoms with van der Waals surface area (Å²) in [5.74, 6) is 0. The van der Waals surface area contributed by atoms with Gasteiger partial charge in [0.25, 0.3) is 0 Å². The number of benzene rings is 12. The van der Waals surface area contributed by atoms with E-state index >= 15 is 0 Å². The summed E-state index contributed by atoms with van der Waals surface area (Å²) in [7, 11) is 0. The van der Waals surface area contributed by atoms with Gasteiger partial charge in [0.1, 0.15) is 11.2 Å². The third kappa shape index (κ3) is 5.37. The summed E-state index contributed by atoms with van der Waals surface area (Å²) in [6.45, 7) is 0. The minimum Gasteiger partial charge on any atom is -0.452 e. The van der Waals surface area contributed by atoms with Crippen LogP contribution in [-0.4, -0.2) is 0 Å². The van der Waals surface area contributed by atoms with E-state index in [4.69, 9.17) is 8.83 Å². The number of fused-ring (bicyclic) bond motifs is 16. The van der Waals surface area contributed by atoms with Crippen LogP contribution in [0.5, 0.6) is 0 Å². The molecular formula is C67H40O2. The van der Waals surface area contributed by atoms with Crippen LogP contribution >= 0.6 is 0 Å². The maximum Gasteiger partial charge on any atom is 0.178 e. The summed E-state index contributed by atoms with van der Waals surface area (Å²) in [5.41, 5.74) is 17.4. The molecule has 0 aliphatic heterocycles. The lowest BCUT2D eigenvalue weighted by Gasteiger charge is -2.34. The van der Waals surface area contributed by atoms with Crippen molar-refractivity contribution in [1.82, 2.24) is 0 Å². The third-order valence-corrected chi connectivity index (χ3v) is 15.2. The van der Waals surface area contributed by atoms with Crippen LogP contribution in [0, 0.1) is 0 Å². The molecule has 2 nitrogen and oxygen atoms in total. The van der Waals surface area contributed by atoms with Crippen molar-refractivity contribution in [3.05, 3.63) is 265 Å². The van der Waals surface area contributed by atoms with E-state index in [1.54, 1.807) is 0 Å². The monoisotopic (exact) mass is 876 g/mol. The fourth-order valence-corrected chi connectivity index (χ4v) is 12.2. The molecule has 2 aromatic heterocycles. The Kier molecular flexibility index (Phi) is 8.02. The van der Waals surface area contributed by atoms with Crippen LogP contribution in [-0.2, 0) is 5.41 Å². The molecule has 0 amide bonds. The van der Waals surface area contributed by atoms with Crippen LogP contribution in [0.15, 0.2) is 251 Å². The maximum absolute atomic E-state index is 6.77. The lowest BCUT2D eigenvalue weighted by Crippen LogP contribution is -2.28. The van der Waals surface area contributed by atoms with Crippen molar-refractivity contribution >= 4 is 76.2 Å². The SMILES string of the molecule is c1ccc(C2(c3ccccc3)c3ccccc3-c3c(-c4ccc5oc6c(ccc7c8cc(-c9ccccc9-c9ccc%10c%11ccccc%11c%11ccccc%11c%10c9)ccc8oc76)c5c4)cccc32)cc1. The molecule has 0 N–H and O–H groups in total. The van der Waals surface area contributed by atoms with Crippen LogP contribution in [0.3, 0.4) is 0 Å². The normalized spacial score (nSPS) is 13.0. The van der Waals surface area contributed by atoms with E-state index in [0.717, 1.165) is 55.0 Å². The molecule has 12 aromatic carbocycles. The Balaban J connectivity index is 0.858. The first-order valence-electron chi connectivity index (χ1n) is 23.8. The highest BCUT2D eigenvalue weighted by molar-refractivity contribution is 6.26. The van der Waals surface area contributed by atoms with Gasteiger partial charge in [-0.15, -0.1) is 0 Å². The molecule has 0 spiro atoms. The molecule has 2 heteroatoms. The van der Waals surface area contributed by atoms with Gasteiger partial charge in [-0.25, -0.2) is 0 Å². The number of hydrogen-bond donors (Lipinski definition) is 0. The van der Waals surface area contributed by atoms with Crippen LogP contribution in [0.1, 0.15) is 22.3 Å². The van der Waals surface area contributed by atoms with Gasteiger partial charge >= 0.3 is 0 Å². The molecule has 320 valence electrons. The highest BCUT2D eigenvalue weighted by atomic mass is 16.4. The van der Waals surface area contributed by atoms with Crippen molar-refractivity contribution in [2.24, 2.45) is 0 Å². The van der Waals surface area contributed by atoms with Gasteiger partial charge in [0.2, 0.25) is 0 Å². The van der Waals surface area contributed by atoms with E-state index in [2.05, 4.69) is 243 Å². The van der Waals surface area contributed by atoms with Crippen molar-refractivity contribution < 1.29 is 8.83 Å². The maximum atomic E-state index is 6.77. The summed E-state index contributed by atoms with van der Waals surface area (Å²) in [6.07, 6.45) is 0. The molecule has 0 saturated carbocycles. The second-order valence-electron chi connectivity index (χ2n) is 18.6. The molecule has 1 aliphatic rings. The van der Waals surface area contributed by atoms with Crippen molar-refractivity contribution in [1.29, 1.82) is 0 Å². The molecule has 1 aliphatic carbocycles. The Labute approximate surface area is 397 Å². The third-order valence-electron chi connectivity index (χ3n) is 15.2. The van der Waals surface area contributed by atoms with E-state index in [1.165, 1.54) is 88.0 Å². The Morgan fingerprint density at radius 3 is 1.20 bits per heavy atom. The number of furan rings is 2. The van der Waals surface area contributed by atoms with E-state index in [-0.39, 0.29) is 0 Å². The average Bonchev–Trinajstić information content (AvgIpc) is 4.09. The van der Waals surface area contributed by atoms with Crippen molar-refractivity contribution in [2.45, 2.75) is 5.41 Å². The van der Waals surface area contributed by atoms with Crippen molar-refractivity contribution in [3.63, 3.8) is 0 Å². The first kappa shape index (κ1) is 38.2. The molecule has 14 aromatic rings. The summed E-state index contributed by atoms with van der Waals surface area (Å²) >= 11 is 0. The predicted molar refractivity (Wildman–Crippen MR) is 287 cm³/mol. The quantitative estimate of drug-likeness (QED) is 0.161. The van der Waals surface area contributed by atoms with Gasteiger partial charge in [-0.1, -0.05) is 200 Å². The summed E-state index contributed by atoms with van der Waals surface area (Å²) in [4.78, 5) is 0. The molecule has 15 rings (SSSR count). The second kappa shape index (κ2) is 14.5. The molecular weight excluding hydrogens is 837 g/mol.